The Hall–Kier alpha value is -6.69. The Morgan fingerprint density at radius 1 is 0.351 bits per heavy atom. The molecule has 10 aromatic carbocycles. The van der Waals surface area contributed by atoms with Crippen molar-refractivity contribution >= 4 is 93.8 Å². The molecular formula is C54H35IN2. The molecule has 0 fully saturated rings. The minimum absolute atomic E-state index is 1.11. The molecule has 11 aromatic rings. The van der Waals surface area contributed by atoms with Crippen LogP contribution in [0.5, 0.6) is 0 Å². The van der Waals surface area contributed by atoms with E-state index in [1.807, 2.05) is 0 Å². The topological polar surface area (TPSA) is 8.17 Å². The molecule has 3 heteroatoms. The monoisotopic (exact) mass is 838 g/mol. The van der Waals surface area contributed by atoms with E-state index in [0.717, 1.165) is 17.1 Å². The third kappa shape index (κ3) is 5.53. The molecule has 0 amide bonds. The summed E-state index contributed by atoms with van der Waals surface area (Å²) in [7, 11) is 0. The number of hydrogen-bond acceptors (Lipinski definition) is 1. The lowest BCUT2D eigenvalue weighted by Crippen LogP contribution is -2.12. The summed E-state index contributed by atoms with van der Waals surface area (Å²) in [4.78, 5) is 2.49. The first-order chi connectivity index (χ1) is 28.2. The van der Waals surface area contributed by atoms with Crippen LogP contribution >= 0.6 is 22.6 Å². The molecule has 0 aliphatic carbocycles. The van der Waals surface area contributed by atoms with Crippen molar-refractivity contribution in [2.24, 2.45) is 0 Å². The Labute approximate surface area is 345 Å². The zero-order valence-corrected chi connectivity index (χ0v) is 33.1. The average Bonchev–Trinajstić information content (AvgIpc) is 3.61. The minimum atomic E-state index is 1.11. The highest BCUT2D eigenvalue weighted by Crippen LogP contribution is 2.48. The molecule has 1 aromatic heterocycles. The van der Waals surface area contributed by atoms with Crippen molar-refractivity contribution in [2.45, 2.75) is 0 Å². The van der Waals surface area contributed by atoms with E-state index < -0.39 is 0 Å². The highest BCUT2D eigenvalue weighted by molar-refractivity contribution is 14.1. The summed E-state index contributed by atoms with van der Waals surface area (Å²) in [6.07, 6.45) is 0. The predicted octanol–water partition coefficient (Wildman–Crippen LogP) is 15.7. The van der Waals surface area contributed by atoms with Gasteiger partial charge in [0, 0.05) is 36.8 Å². The summed E-state index contributed by atoms with van der Waals surface area (Å²) in [5.41, 5.74) is 11.8. The highest BCUT2D eigenvalue weighted by Gasteiger charge is 2.23. The molecule has 2 nitrogen and oxygen atoms in total. The molecule has 0 atom stereocenters. The van der Waals surface area contributed by atoms with Gasteiger partial charge in [-0.25, -0.2) is 0 Å². The Morgan fingerprint density at radius 2 is 0.842 bits per heavy atom. The van der Waals surface area contributed by atoms with Gasteiger partial charge in [-0.05, 0) is 126 Å². The van der Waals surface area contributed by atoms with Gasteiger partial charge in [0.1, 0.15) is 0 Å². The van der Waals surface area contributed by atoms with Crippen LogP contribution in [-0.2, 0) is 0 Å². The third-order valence-corrected chi connectivity index (χ3v) is 12.3. The highest BCUT2D eigenvalue weighted by atomic mass is 127. The van der Waals surface area contributed by atoms with Gasteiger partial charge in [-0.1, -0.05) is 158 Å². The van der Waals surface area contributed by atoms with Crippen molar-refractivity contribution in [3.05, 3.63) is 216 Å². The zero-order chi connectivity index (χ0) is 37.9. The summed E-state index contributed by atoms with van der Waals surface area (Å²) in [5, 5.41) is 9.82. The van der Waals surface area contributed by atoms with E-state index in [2.05, 4.69) is 244 Å². The molecular weight excluding hydrogens is 804 g/mol. The first-order valence-electron chi connectivity index (χ1n) is 19.4. The minimum Gasteiger partial charge on any atom is -0.309 e. The zero-order valence-electron chi connectivity index (χ0n) is 31.0. The molecule has 0 saturated heterocycles. The smallest absolute Gasteiger partial charge is 0.0673 e. The number of rotatable bonds is 6. The van der Waals surface area contributed by atoms with Crippen molar-refractivity contribution in [2.75, 3.05) is 4.90 Å². The van der Waals surface area contributed by atoms with E-state index in [0.29, 0.717) is 0 Å². The van der Waals surface area contributed by atoms with Crippen molar-refractivity contribution in [3.63, 3.8) is 0 Å². The van der Waals surface area contributed by atoms with Crippen molar-refractivity contribution in [1.82, 2.24) is 4.57 Å². The SMILES string of the molecule is Ic1ccc2ccccc2c1N(c1ccc2c(-c3ccccc3)c3ccccc3c(-c3ccccc3)c2c1)c1ccc2c(c1)c1ccccc1n2-c1ccccc1. The fraction of sp³-hybridized carbons (Fsp3) is 0. The van der Waals surface area contributed by atoms with Crippen LogP contribution in [0.3, 0.4) is 0 Å². The van der Waals surface area contributed by atoms with Crippen LogP contribution in [0.1, 0.15) is 0 Å². The molecule has 0 N–H and O–H groups in total. The number of hydrogen-bond donors (Lipinski definition) is 0. The Balaban J connectivity index is 1.25. The van der Waals surface area contributed by atoms with E-state index in [1.165, 1.54) is 85.6 Å². The largest absolute Gasteiger partial charge is 0.309 e. The second-order valence-electron chi connectivity index (χ2n) is 14.6. The molecule has 0 bridgehead atoms. The van der Waals surface area contributed by atoms with Gasteiger partial charge in [0.25, 0.3) is 0 Å². The van der Waals surface area contributed by atoms with Crippen LogP contribution < -0.4 is 4.90 Å². The first-order valence-corrected chi connectivity index (χ1v) is 20.5. The van der Waals surface area contributed by atoms with Crippen LogP contribution in [0.4, 0.5) is 17.1 Å². The van der Waals surface area contributed by atoms with Gasteiger partial charge in [0.15, 0.2) is 0 Å². The van der Waals surface area contributed by atoms with E-state index in [4.69, 9.17) is 0 Å². The van der Waals surface area contributed by atoms with Crippen LogP contribution in [0, 0.1) is 3.57 Å². The quantitative estimate of drug-likeness (QED) is 0.120. The van der Waals surface area contributed by atoms with E-state index >= 15 is 0 Å². The van der Waals surface area contributed by atoms with Crippen molar-refractivity contribution in [3.8, 4) is 27.9 Å². The average molecular weight is 839 g/mol. The fourth-order valence-electron chi connectivity index (χ4n) is 8.96. The van der Waals surface area contributed by atoms with Gasteiger partial charge in [0.05, 0.1) is 16.7 Å². The standard InChI is InChI=1S/C54H35IN2/c55-49-32-28-36-16-10-11-23-42(36)54(49)56(41-30-33-51-47(34-41)43-24-14-15-27-50(43)57(51)39-21-8-3-9-22-39)40-29-31-46-48(35-40)53(38-19-6-2-7-20-38)45-26-13-12-25-44(45)52(46)37-17-4-1-5-18-37/h1-35H. The van der Waals surface area contributed by atoms with E-state index in [1.54, 1.807) is 0 Å². The molecule has 0 aliphatic heterocycles. The molecule has 0 spiro atoms. The number of fused-ring (bicyclic) bond motifs is 6. The van der Waals surface area contributed by atoms with Crippen LogP contribution in [-0.4, -0.2) is 4.57 Å². The second-order valence-corrected chi connectivity index (χ2v) is 15.8. The molecule has 1 heterocycles. The molecule has 0 saturated carbocycles. The molecule has 268 valence electrons. The van der Waals surface area contributed by atoms with Crippen molar-refractivity contribution in [1.29, 1.82) is 0 Å². The van der Waals surface area contributed by atoms with Crippen LogP contribution in [0.2, 0.25) is 0 Å². The summed E-state index contributed by atoms with van der Waals surface area (Å²) in [5.74, 6) is 0. The lowest BCUT2D eigenvalue weighted by Gasteiger charge is -2.29. The molecule has 0 radical (unpaired) electrons. The van der Waals surface area contributed by atoms with E-state index in [9.17, 15) is 0 Å². The molecule has 0 aliphatic rings. The maximum atomic E-state index is 2.53. The number of benzene rings is 10. The summed E-state index contributed by atoms with van der Waals surface area (Å²) in [6, 6.07) is 77.5. The lowest BCUT2D eigenvalue weighted by molar-refractivity contribution is 1.18. The molecule has 0 unspecified atom stereocenters. The van der Waals surface area contributed by atoms with Gasteiger partial charge >= 0.3 is 0 Å². The maximum absolute atomic E-state index is 2.53. The lowest BCUT2D eigenvalue weighted by atomic mass is 9.85. The van der Waals surface area contributed by atoms with Gasteiger partial charge < -0.3 is 9.47 Å². The van der Waals surface area contributed by atoms with E-state index in [-0.39, 0.29) is 0 Å². The van der Waals surface area contributed by atoms with Gasteiger partial charge in [-0.2, -0.15) is 0 Å². The van der Waals surface area contributed by atoms with Crippen molar-refractivity contribution < 1.29 is 0 Å². The van der Waals surface area contributed by atoms with Crippen LogP contribution in [0.15, 0.2) is 212 Å². The number of anilines is 3. The normalized spacial score (nSPS) is 11.6. The van der Waals surface area contributed by atoms with Gasteiger partial charge in [-0.15, -0.1) is 0 Å². The number of aromatic nitrogens is 1. The number of para-hydroxylation sites is 2. The first kappa shape index (κ1) is 33.6. The summed E-state index contributed by atoms with van der Waals surface area (Å²) in [6.45, 7) is 0. The third-order valence-electron chi connectivity index (χ3n) is 11.4. The number of nitrogens with zero attached hydrogens (tertiary/aromatic N) is 2. The Bertz CT molecular complexity index is 3300. The summed E-state index contributed by atoms with van der Waals surface area (Å²) < 4.78 is 3.57. The Morgan fingerprint density at radius 3 is 1.53 bits per heavy atom. The van der Waals surface area contributed by atoms with Crippen LogP contribution in [0.25, 0.3) is 82.1 Å². The van der Waals surface area contributed by atoms with Gasteiger partial charge in [0.2, 0.25) is 0 Å². The fourth-order valence-corrected chi connectivity index (χ4v) is 9.67. The predicted molar refractivity (Wildman–Crippen MR) is 252 cm³/mol. The Kier molecular flexibility index (Phi) is 8.14. The maximum Gasteiger partial charge on any atom is 0.0673 e. The molecule has 57 heavy (non-hydrogen) atoms. The molecule has 11 rings (SSSR count). The second kappa shape index (κ2) is 13.8. The van der Waals surface area contributed by atoms with Gasteiger partial charge in [-0.3, -0.25) is 0 Å². The number of halogens is 1. The summed E-state index contributed by atoms with van der Waals surface area (Å²) >= 11 is 2.53.